The summed E-state index contributed by atoms with van der Waals surface area (Å²) in [7, 11) is 1.82. The zero-order chi connectivity index (χ0) is 13.5. The van der Waals surface area contributed by atoms with E-state index in [1.165, 1.54) is 16.7 Å². The summed E-state index contributed by atoms with van der Waals surface area (Å²) in [5.41, 5.74) is 3.83. The van der Waals surface area contributed by atoms with Crippen LogP contribution in [0.25, 0.3) is 0 Å². The van der Waals surface area contributed by atoms with Gasteiger partial charge in [0.1, 0.15) is 0 Å². The van der Waals surface area contributed by atoms with E-state index in [0.717, 1.165) is 13.0 Å². The van der Waals surface area contributed by atoms with Crippen LogP contribution in [0, 0.1) is 13.8 Å². The molecule has 1 aromatic rings. The number of aliphatic hydroxyl groups excluding tert-OH is 1. The van der Waals surface area contributed by atoms with Gasteiger partial charge in [-0.1, -0.05) is 23.8 Å². The molecule has 100 valence electrons. The third-order valence-electron chi connectivity index (χ3n) is 3.20. The van der Waals surface area contributed by atoms with Gasteiger partial charge in [0.25, 0.3) is 0 Å². The summed E-state index contributed by atoms with van der Waals surface area (Å²) in [5, 5.41) is 8.70. The Labute approximate surface area is 109 Å². The highest BCUT2D eigenvalue weighted by Gasteiger charge is 2.08. The monoisotopic (exact) mass is 249 g/mol. The third-order valence-corrected chi connectivity index (χ3v) is 3.20. The Morgan fingerprint density at radius 3 is 2.72 bits per heavy atom. The fourth-order valence-electron chi connectivity index (χ4n) is 1.90. The van der Waals surface area contributed by atoms with Crippen molar-refractivity contribution in [1.82, 2.24) is 4.90 Å². The van der Waals surface area contributed by atoms with Crippen LogP contribution in [0.3, 0.4) is 0 Å². The standard InChI is InChI=1S/C15H23NO2/c1-12-6-7-13(2)14(11-12)8-9-16(3)15(18)5-4-10-17/h6-7,11,17H,4-5,8-10H2,1-3H3. The van der Waals surface area contributed by atoms with Gasteiger partial charge in [0.05, 0.1) is 0 Å². The quantitative estimate of drug-likeness (QED) is 0.838. The van der Waals surface area contributed by atoms with Gasteiger partial charge in [-0.05, 0) is 37.8 Å². The topological polar surface area (TPSA) is 40.5 Å². The maximum absolute atomic E-state index is 11.7. The first-order valence-corrected chi connectivity index (χ1v) is 6.45. The first-order valence-electron chi connectivity index (χ1n) is 6.45. The molecule has 0 saturated heterocycles. The lowest BCUT2D eigenvalue weighted by Gasteiger charge is -2.18. The largest absolute Gasteiger partial charge is 0.396 e. The molecule has 0 bridgehead atoms. The number of carbonyl (C=O) groups is 1. The van der Waals surface area contributed by atoms with Crippen molar-refractivity contribution in [3.05, 3.63) is 34.9 Å². The molecule has 0 aliphatic rings. The Morgan fingerprint density at radius 1 is 1.33 bits per heavy atom. The molecule has 0 heterocycles. The van der Waals surface area contributed by atoms with Gasteiger partial charge in [-0.25, -0.2) is 0 Å². The van der Waals surface area contributed by atoms with Crippen LogP contribution in [0.1, 0.15) is 29.5 Å². The summed E-state index contributed by atoms with van der Waals surface area (Å²) in [4.78, 5) is 13.4. The average Bonchev–Trinajstić information content (AvgIpc) is 2.36. The van der Waals surface area contributed by atoms with E-state index in [1.54, 1.807) is 4.90 Å². The Hall–Kier alpha value is -1.35. The van der Waals surface area contributed by atoms with Crippen LogP contribution in [0.5, 0.6) is 0 Å². The Morgan fingerprint density at radius 2 is 2.06 bits per heavy atom. The first kappa shape index (κ1) is 14.7. The Bertz CT molecular complexity index is 401. The van der Waals surface area contributed by atoms with Gasteiger partial charge in [0, 0.05) is 26.6 Å². The third kappa shape index (κ3) is 4.49. The summed E-state index contributed by atoms with van der Waals surface area (Å²) >= 11 is 0. The van der Waals surface area contributed by atoms with Gasteiger partial charge in [0.15, 0.2) is 0 Å². The fourth-order valence-corrected chi connectivity index (χ4v) is 1.90. The maximum Gasteiger partial charge on any atom is 0.222 e. The molecule has 1 N–H and O–H groups in total. The van der Waals surface area contributed by atoms with Crippen LogP contribution in [0.2, 0.25) is 0 Å². The molecule has 0 fully saturated rings. The molecule has 0 radical (unpaired) electrons. The van der Waals surface area contributed by atoms with Crippen molar-refractivity contribution >= 4 is 5.91 Å². The zero-order valence-electron chi connectivity index (χ0n) is 11.6. The number of aliphatic hydroxyl groups is 1. The summed E-state index contributed by atoms with van der Waals surface area (Å²) in [6.07, 6.45) is 1.86. The highest BCUT2D eigenvalue weighted by Crippen LogP contribution is 2.11. The molecular formula is C15H23NO2. The molecule has 1 amide bonds. The average molecular weight is 249 g/mol. The molecule has 0 spiro atoms. The number of likely N-dealkylation sites (N-methyl/N-ethyl adjacent to an activating group) is 1. The van der Waals surface area contributed by atoms with E-state index >= 15 is 0 Å². The smallest absolute Gasteiger partial charge is 0.222 e. The van der Waals surface area contributed by atoms with Crippen LogP contribution in [0.15, 0.2) is 18.2 Å². The molecule has 1 rings (SSSR count). The molecule has 0 aromatic heterocycles. The molecule has 0 atom stereocenters. The molecule has 0 unspecified atom stereocenters. The van der Waals surface area contributed by atoms with Crippen LogP contribution >= 0.6 is 0 Å². The van der Waals surface area contributed by atoms with Gasteiger partial charge >= 0.3 is 0 Å². The minimum atomic E-state index is 0.0799. The van der Waals surface area contributed by atoms with E-state index in [-0.39, 0.29) is 12.5 Å². The van der Waals surface area contributed by atoms with Crippen LogP contribution in [-0.4, -0.2) is 36.1 Å². The first-order chi connectivity index (χ1) is 8.54. The summed E-state index contributed by atoms with van der Waals surface area (Å²) in [6.45, 7) is 4.99. The van der Waals surface area contributed by atoms with Gasteiger partial charge in [-0.15, -0.1) is 0 Å². The number of nitrogens with zero attached hydrogens (tertiary/aromatic N) is 1. The van der Waals surface area contributed by atoms with E-state index in [9.17, 15) is 4.79 Å². The normalized spacial score (nSPS) is 10.4. The van der Waals surface area contributed by atoms with Crippen molar-refractivity contribution in [2.24, 2.45) is 0 Å². The molecule has 3 heteroatoms. The van der Waals surface area contributed by atoms with Crippen molar-refractivity contribution < 1.29 is 9.90 Å². The second kappa shape index (κ2) is 7.17. The van der Waals surface area contributed by atoms with E-state index in [4.69, 9.17) is 5.11 Å². The molecule has 1 aromatic carbocycles. The summed E-state index contributed by atoms with van der Waals surface area (Å²) in [6, 6.07) is 6.41. The second-order valence-electron chi connectivity index (χ2n) is 4.82. The number of aryl methyl sites for hydroxylation is 2. The fraction of sp³-hybridized carbons (Fsp3) is 0.533. The van der Waals surface area contributed by atoms with E-state index in [1.807, 2.05) is 7.05 Å². The number of carbonyl (C=O) groups excluding carboxylic acids is 1. The van der Waals surface area contributed by atoms with Crippen LogP contribution in [-0.2, 0) is 11.2 Å². The SMILES string of the molecule is Cc1ccc(C)c(CCN(C)C(=O)CCCO)c1. The lowest BCUT2D eigenvalue weighted by molar-refractivity contribution is -0.130. The van der Waals surface area contributed by atoms with Gasteiger partial charge in [-0.3, -0.25) is 4.79 Å². The minimum Gasteiger partial charge on any atom is -0.396 e. The van der Waals surface area contributed by atoms with Crippen molar-refractivity contribution in [3.8, 4) is 0 Å². The van der Waals surface area contributed by atoms with Crippen LogP contribution in [0.4, 0.5) is 0 Å². The van der Waals surface area contributed by atoms with Gasteiger partial charge in [-0.2, -0.15) is 0 Å². The Kier molecular flexibility index (Phi) is 5.86. The predicted molar refractivity (Wildman–Crippen MR) is 73.6 cm³/mol. The van der Waals surface area contributed by atoms with Gasteiger partial charge in [0.2, 0.25) is 5.91 Å². The zero-order valence-corrected chi connectivity index (χ0v) is 11.6. The summed E-state index contributed by atoms with van der Waals surface area (Å²) in [5.74, 6) is 0.106. The minimum absolute atomic E-state index is 0.0799. The van der Waals surface area contributed by atoms with E-state index in [2.05, 4.69) is 32.0 Å². The molecular weight excluding hydrogens is 226 g/mol. The van der Waals surface area contributed by atoms with Crippen LogP contribution < -0.4 is 0 Å². The lowest BCUT2D eigenvalue weighted by Crippen LogP contribution is -2.28. The van der Waals surface area contributed by atoms with Crippen molar-refractivity contribution in [2.45, 2.75) is 33.1 Å². The number of rotatable bonds is 6. The van der Waals surface area contributed by atoms with Crippen molar-refractivity contribution in [3.63, 3.8) is 0 Å². The Balaban J connectivity index is 2.49. The molecule has 18 heavy (non-hydrogen) atoms. The number of hydrogen-bond acceptors (Lipinski definition) is 2. The molecule has 0 aliphatic heterocycles. The van der Waals surface area contributed by atoms with Gasteiger partial charge < -0.3 is 10.0 Å². The van der Waals surface area contributed by atoms with E-state index in [0.29, 0.717) is 12.8 Å². The maximum atomic E-state index is 11.7. The summed E-state index contributed by atoms with van der Waals surface area (Å²) < 4.78 is 0. The second-order valence-corrected chi connectivity index (χ2v) is 4.82. The highest BCUT2D eigenvalue weighted by atomic mass is 16.3. The lowest BCUT2D eigenvalue weighted by atomic mass is 10.0. The highest BCUT2D eigenvalue weighted by molar-refractivity contribution is 5.75. The molecule has 3 nitrogen and oxygen atoms in total. The number of amides is 1. The molecule has 0 aliphatic carbocycles. The molecule has 0 saturated carbocycles. The number of hydrogen-bond donors (Lipinski definition) is 1. The van der Waals surface area contributed by atoms with Crippen molar-refractivity contribution in [1.29, 1.82) is 0 Å². The van der Waals surface area contributed by atoms with Crippen molar-refractivity contribution in [2.75, 3.05) is 20.2 Å². The number of benzene rings is 1. The predicted octanol–water partition coefficient (Wildman–Crippen LogP) is 2.08. The van der Waals surface area contributed by atoms with E-state index < -0.39 is 0 Å².